The van der Waals surface area contributed by atoms with Crippen LogP contribution in [0.4, 0.5) is 11.6 Å². The van der Waals surface area contributed by atoms with Crippen LogP contribution >= 0.6 is 0 Å². The average Bonchev–Trinajstić information content (AvgIpc) is 3.16. The summed E-state index contributed by atoms with van der Waals surface area (Å²) in [6.45, 7) is 1.74. The van der Waals surface area contributed by atoms with Crippen LogP contribution in [0.15, 0.2) is 94.1 Å². The minimum Gasteiger partial charge on any atom is -0.440 e. The minimum atomic E-state index is 0.0426. The van der Waals surface area contributed by atoms with Gasteiger partial charge in [-0.1, -0.05) is 60.7 Å². The van der Waals surface area contributed by atoms with E-state index in [9.17, 15) is 4.79 Å². The summed E-state index contributed by atoms with van der Waals surface area (Å²) in [5, 5.41) is 0.659. The van der Waals surface area contributed by atoms with E-state index in [0.717, 1.165) is 24.3 Å². The Hall–Kier alpha value is -3.37. The molecule has 0 spiro atoms. The fourth-order valence-electron chi connectivity index (χ4n) is 5.55. The number of hydrogen-bond donors (Lipinski definition) is 0. The largest absolute Gasteiger partial charge is 0.440 e. The van der Waals surface area contributed by atoms with E-state index >= 15 is 0 Å². The molecular weight excluding hydrogens is 384 g/mol. The van der Waals surface area contributed by atoms with Crippen molar-refractivity contribution in [2.24, 2.45) is 5.92 Å². The van der Waals surface area contributed by atoms with Gasteiger partial charge in [-0.2, -0.15) is 0 Å². The average molecular weight is 409 g/mol. The molecule has 154 valence electrons. The van der Waals surface area contributed by atoms with Crippen LogP contribution in [-0.4, -0.2) is 25.0 Å². The third-order valence-electron chi connectivity index (χ3n) is 6.93. The Bertz CT molecular complexity index is 1300. The second-order valence-corrected chi connectivity index (χ2v) is 8.66. The number of hydrogen-bond acceptors (Lipinski definition) is 4. The van der Waals surface area contributed by atoms with Crippen molar-refractivity contribution in [3.05, 3.63) is 106 Å². The summed E-state index contributed by atoms with van der Waals surface area (Å²) in [6.07, 6.45) is 0. The first-order chi connectivity index (χ1) is 15.2. The minimum absolute atomic E-state index is 0.0426. The van der Waals surface area contributed by atoms with Gasteiger partial charge >= 0.3 is 0 Å². The molecule has 0 radical (unpaired) electrons. The van der Waals surface area contributed by atoms with Gasteiger partial charge < -0.3 is 9.32 Å². The first-order valence-electron chi connectivity index (χ1n) is 10.9. The van der Waals surface area contributed by atoms with Crippen molar-refractivity contribution in [1.29, 1.82) is 0 Å². The Kier molecular flexibility index (Phi) is 4.22. The molecule has 0 bridgehead atoms. The number of nitrogens with zero attached hydrogens (tertiary/aromatic N) is 2. The van der Waals surface area contributed by atoms with Crippen LogP contribution in [0.2, 0.25) is 0 Å². The highest BCUT2D eigenvalue weighted by Crippen LogP contribution is 2.51. The van der Waals surface area contributed by atoms with Gasteiger partial charge in [-0.15, -0.1) is 0 Å². The zero-order chi connectivity index (χ0) is 20.9. The van der Waals surface area contributed by atoms with Gasteiger partial charge in [0.25, 0.3) is 0 Å². The molecule has 0 unspecified atom stereocenters. The molecule has 1 aromatic heterocycles. The lowest BCUT2D eigenvalue weighted by molar-refractivity contribution is 0.263. The summed E-state index contributed by atoms with van der Waals surface area (Å²) >= 11 is 0. The molecule has 4 aromatic rings. The quantitative estimate of drug-likeness (QED) is 0.449. The number of para-hydroxylation sites is 2. The predicted octanol–water partition coefficient (Wildman–Crippen LogP) is 5.33. The van der Waals surface area contributed by atoms with Crippen LogP contribution in [-0.2, 0) is 0 Å². The van der Waals surface area contributed by atoms with Crippen LogP contribution in [0, 0.1) is 5.92 Å². The summed E-state index contributed by atoms with van der Waals surface area (Å²) in [5.41, 5.74) is 3.92. The fraction of sp³-hybridized carbons (Fsp3) is 0.222. The van der Waals surface area contributed by atoms with Crippen molar-refractivity contribution < 1.29 is 4.42 Å². The molecular formula is C27H24N2O2. The maximum Gasteiger partial charge on any atom is 0.209 e. The number of anilines is 2. The van der Waals surface area contributed by atoms with E-state index in [2.05, 4.69) is 59.3 Å². The number of rotatable bonds is 2. The highest BCUT2D eigenvalue weighted by Gasteiger charge is 2.48. The molecule has 3 aromatic carbocycles. The Morgan fingerprint density at radius 3 is 2.29 bits per heavy atom. The third-order valence-corrected chi connectivity index (χ3v) is 6.93. The normalized spacial score (nSPS) is 23.0. The molecule has 1 saturated heterocycles. The van der Waals surface area contributed by atoms with Gasteiger partial charge in [0.2, 0.25) is 5.88 Å². The topological polar surface area (TPSA) is 36.7 Å². The van der Waals surface area contributed by atoms with Crippen molar-refractivity contribution >= 4 is 22.5 Å². The highest BCUT2D eigenvalue weighted by molar-refractivity contribution is 5.81. The van der Waals surface area contributed by atoms with Gasteiger partial charge in [-0.25, -0.2) is 0 Å². The van der Waals surface area contributed by atoms with Crippen molar-refractivity contribution in [1.82, 2.24) is 4.90 Å². The second-order valence-electron chi connectivity index (χ2n) is 8.66. The molecule has 4 nitrogen and oxygen atoms in total. The van der Waals surface area contributed by atoms with Crippen LogP contribution in [0.3, 0.4) is 0 Å². The molecule has 4 heteroatoms. The van der Waals surface area contributed by atoms with E-state index in [-0.39, 0.29) is 11.5 Å². The molecule has 2 aliphatic rings. The van der Waals surface area contributed by atoms with Crippen LogP contribution in [0.25, 0.3) is 11.0 Å². The molecule has 3 heterocycles. The standard InChI is InChI=1S/C27H24N2O2/c1-28-16-21(18-10-4-2-5-11-18)22-17-29(19-12-6-3-7-13-19)27-24(25(22)28)26(30)20-14-8-9-15-23(20)31-27/h2-15,21-22,25H,16-17H2,1H3/t21-,22-,25+/m1/s1. The van der Waals surface area contributed by atoms with E-state index in [0.29, 0.717) is 28.7 Å². The molecule has 31 heavy (non-hydrogen) atoms. The number of likely N-dealkylation sites (tertiary alicyclic amines) is 1. The molecule has 0 aliphatic carbocycles. The molecule has 2 aliphatic heterocycles. The summed E-state index contributed by atoms with van der Waals surface area (Å²) in [7, 11) is 2.14. The van der Waals surface area contributed by atoms with E-state index in [1.807, 2.05) is 42.5 Å². The first-order valence-corrected chi connectivity index (χ1v) is 10.9. The molecule has 1 fully saturated rings. The van der Waals surface area contributed by atoms with Crippen LogP contribution in [0.1, 0.15) is 23.1 Å². The van der Waals surface area contributed by atoms with E-state index in [1.165, 1.54) is 5.56 Å². The Labute approximate surface area is 181 Å². The van der Waals surface area contributed by atoms with Crippen molar-refractivity contribution in [2.45, 2.75) is 12.0 Å². The zero-order valence-corrected chi connectivity index (χ0v) is 17.4. The lowest BCUT2D eigenvalue weighted by atomic mass is 9.80. The first kappa shape index (κ1) is 18.4. The number of likely N-dealkylation sites (N-methyl/N-ethyl adjacent to an activating group) is 1. The lowest BCUT2D eigenvalue weighted by Gasteiger charge is -2.39. The second kappa shape index (κ2) is 7.10. The van der Waals surface area contributed by atoms with E-state index in [4.69, 9.17) is 4.42 Å². The zero-order valence-electron chi connectivity index (χ0n) is 17.4. The summed E-state index contributed by atoms with van der Waals surface area (Å²) < 4.78 is 6.43. The molecule has 0 saturated carbocycles. The monoisotopic (exact) mass is 408 g/mol. The van der Waals surface area contributed by atoms with Gasteiger partial charge in [0.1, 0.15) is 5.58 Å². The van der Waals surface area contributed by atoms with E-state index in [1.54, 1.807) is 0 Å². The summed E-state index contributed by atoms with van der Waals surface area (Å²) in [4.78, 5) is 18.3. The van der Waals surface area contributed by atoms with Gasteiger partial charge in [-0.05, 0) is 36.9 Å². The molecule has 0 amide bonds. The van der Waals surface area contributed by atoms with Crippen molar-refractivity contribution in [3.8, 4) is 0 Å². The predicted molar refractivity (Wildman–Crippen MR) is 124 cm³/mol. The fourth-order valence-corrected chi connectivity index (χ4v) is 5.55. The number of fused-ring (bicyclic) bond motifs is 4. The number of benzene rings is 3. The van der Waals surface area contributed by atoms with Gasteiger partial charge in [0.15, 0.2) is 5.43 Å². The Morgan fingerprint density at radius 2 is 1.52 bits per heavy atom. The van der Waals surface area contributed by atoms with Crippen LogP contribution in [0.5, 0.6) is 0 Å². The summed E-state index contributed by atoms with van der Waals surface area (Å²) in [6, 6.07) is 28.6. The van der Waals surface area contributed by atoms with Crippen LogP contribution < -0.4 is 10.3 Å². The van der Waals surface area contributed by atoms with Gasteiger partial charge in [-0.3, -0.25) is 9.69 Å². The molecule has 6 rings (SSSR count). The SMILES string of the molecule is CN1C[C@H](c2ccccc2)[C@H]2CN(c3ccccc3)c3oc4ccccc4c(=O)c3[C@H]21. The Balaban J connectivity index is 1.59. The highest BCUT2D eigenvalue weighted by atomic mass is 16.4. The Morgan fingerprint density at radius 1 is 0.839 bits per heavy atom. The maximum absolute atomic E-state index is 13.8. The molecule has 3 atom stereocenters. The van der Waals surface area contributed by atoms with Gasteiger partial charge in [0.05, 0.1) is 10.9 Å². The smallest absolute Gasteiger partial charge is 0.209 e. The van der Waals surface area contributed by atoms with Crippen molar-refractivity contribution in [2.75, 3.05) is 25.0 Å². The lowest BCUT2D eigenvalue weighted by Crippen LogP contribution is -2.40. The summed E-state index contributed by atoms with van der Waals surface area (Å²) in [5.74, 6) is 1.35. The third kappa shape index (κ3) is 2.82. The van der Waals surface area contributed by atoms with E-state index < -0.39 is 0 Å². The van der Waals surface area contributed by atoms with Gasteiger partial charge in [0, 0.05) is 36.7 Å². The molecule has 0 N–H and O–H groups in total. The van der Waals surface area contributed by atoms with Crippen molar-refractivity contribution in [3.63, 3.8) is 0 Å². The maximum atomic E-state index is 13.8.